The highest BCUT2D eigenvalue weighted by atomic mass is 16.5. The summed E-state index contributed by atoms with van der Waals surface area (Å²) in [6.45, 7) is 3.77. The van der Waals surface area contributed by atoms with E-state index in [4.69, 9.17) is 4.74 Å². The Hall–Kier alpha value is -1.28. The molecule has 0 aromatic heterocycles. The lowest BCUT2D eigenvalue weighted by Crippen LogP contribution is -2.24. The molecule has 1 aromatic carbocycles. The van der Waals surface area contributed by atoms with E-state index in [1.54, 1.807) is 7.11 Å². The van der Waals surface area contributed by atoms with Gasteiger partial charge >= 0.3 is 0 Å². The monoisotopic (exact) mass is 219 g/mol. The molecule has 2 heteroatoms. The molecular weight excluding hydrogens is 198 g/mol. The van der Waals surface area contributed by atoms with Gasteiger partial charge in [0, 0.05) is 6.04 Å². The molecule has 88 valence electrons. The van der Waals surface area contributed by atoms with E-state index in [2.05, 4.69) is 24.0 Å². The number of hydrogen-bond donors (Lipinski definition) is 1. The van der Waals surface area contributed by atoms with E-state index < -0.39 is 0 Å². The van der Waals surface area contributed by atoms with Crippen LogP contribution in [0, 0.1) is 0 Å². The molecule has 1 aromatic rings. The molecule has 1 N–H and O–H groups in total. The van der Waals surface area contributed by atoms with Crippen LogP contribution in [-0.2, 0) is 6.42 Å². The number of hydrogen-bond acceptors (Lipinski definition) is 2. The van der Waals surface area contributed by atoms with Gasteiger partial charge in [-0.25, -0.2) is 0 Å². The van der Waals surface area contributed by atoms with E-state index >= 15 is 0 Å². The molecule has 1 atom stereocenters. The van der Waals surface area contributed by atoms with Gasteiger partial charge in [0.15, 0.2) is 0 Å². The third-order valence-electron chi connectivity index (χ3n) is 2.80. The Morgan fingerprint density at radius 2 is 2.06 bits per heavy atom. The van der Waals surface area contributed by atoms with Crippen molar-refractivity contribution < 1.29 is 4.74 Å². The van der Waals surface area contributed by atoms with Crippen molar-refractivity contribution in [3.8, 4) is 5.75 Å². The van der Waals surface area contributed by atoms with Crippen LogP contribution in [0.4, 0.5) is 0 Å². The first-order valence-corrected chi connectivity index (χ1v) is 5.71. The molecule has 1 unspecified atom stereocenters. The molecule has 0 bridgehead atoms. The molecule has 0 aliphatic carbocycles. The first kappa shape index (κ1) is 12.8. The Labute approximate surface area is 98.3 Å². The lowest BCUT2D eigenvalue weighted by atomic mass is 10.0. The summed E-state index contributed by atoms with van der Waals surface area (Å²) in [4.78, 5) is 0. The van der Waals surface area contributed by atoms with Gasteiger partial charge in [0.1, 0.15) is 5.75 Å². The Morgan fingerprint density at radius 1 is 1.38 bits per heavy atom. The fourth-order valence-electron chi connectivity index (χ4n) is 1.71. The first-order valence-electron chi connectivity index (χ1n) is 5.71. The van der Waals surface area contributed by atoms with Gasteiger partial charge < -0.3 is 10.1 Å². The van der Waals surface area contributed by atoms with Crippen LogP contribution in [0.25, 0.3) is 0 Å². The minimum absolute atomic E-state index is 0.527. The summed E-state index contributed by atoms with van der Waals surface area (Å²) in [7, 11) is 3.69. The number of ether oxygens (including phenoxy) is 1. The Bertz CT molecular complexity index is 305. The van der Waals surface area contributed by atoms with Crippen molar-refractivity contribution >= 4 is 0 Å². The van der Waals surface area contributed by atoms with E-state index in [1.165, 1.54) is 5.56 Å². The molecule has 0 fully saturated rings. The molecule has 16 heavy (non-hydrogen) atoms. The van der Waals surface area contributed by atoms with Crippen LogP contribution >= 0.6 is 0 Å². The van der Waals surface area contributed by atoms with Gasteiger partial charge in [-0.15, -0.1) is 6.58 Å². The third-order valence-corrected chi connectivity index (χ3v) is 2.80. The zero-order valence-corrected chi connectivity index (χ0v) is 10.2. The maximum Gasteiger partial charge on any atom is 0.118 e. The quantitative estimate of drug-likeness (QED) is 0.712. The highest BCUT2D eigenvalue weighted by Gasteiger charge is 2.03. The third kappa shape index (κ3) is 4.07. The predicted molar refractivity (Wildman–Crippen MR) is 69.0 cm³/mol. The highest BCUT2D eigenvalue weighted by Crippen LogP contribution is 2.13. The molecule has 0 radical (unpaired) electrons. The van der Waals surface area contributed by atoms with Crippen molar-refractivity contribution in [2.24, 2.45) is 0 Å². The molecule has 2 nitrogen and oxygen atoms in total. The summed E-state index contributed by atoms with van der Waals surface area (Å²) in [5.41, 5.74) is 1.35. The molecule has 0 heterocycles. The average molecular weight is 219 g/mol. The molecule has 0 saturated carbocycles. The van der Waals surface area contributed by atoms with Gasteiger partial charge in [0.2, 0.25) is 0 Å². The van der Waals surface area contributed by atoms with E-state index in [0.29, 0.717) is 6.04 Å². The van der Waals surface area contributed by atoms with Gasteiger partial charge in [-0.2, -0.15) is 0 Å². The van der Waals surface area contributed by atoms with Crippen molar-refractivity contribution in [2.45, 2.75) is 25.3 Å². The second-order valence-electron chi connectivity index (χ2n) is 3.90. The van der Waals surface area contributed by atoms with Gasteiger partial charge in [0.05, 0.1) is 7.11 Å². The highest BCUT2D eigenvalue weighted by molar-refractivity contribution is 5.27. The van der Waals surface area contributed by atoms with Gasteiger partial charge in [-0.3, -0.25) is 0 Å². The molecule has 1 rings (SSSR count). The molecule has 0 saturated heterocycles. The minimum Gasteiger partial charge on any atom is -0.497 e. The zero-order chi connectivity index (χ0) is 11.8. The Kier molecular flexibility index (Phi) is 5.65. The predicted octanol–water partition coefficient (Wildman–Crippen LogP) is 2.79. The molecule has 0 aliphatic heterocycles. The van der Waals surface area contributed by atoms with E-state index in [-0.39, 0.29) is 0 Å². The molecular formula is C14H21NO. The van der Waals surface area contributed by atoms with Crippen LogP contribution in [0.5, 0.6) is 5.75 Å². The maximum absolute atomic E-state index is 5.13. The lowest BCUT2D eigenvalue weighted by Gasteiger charge is -2.13. The van der Waals surface area contributed by atoms with Gasteiger partial charge in [-0.05, 0) is 44.0 Å². The summed E-state index contributed by atoms with van der Waals surface area (Å²) in [6, 6.07) is 8.80. The topological polar surface area (TPSA) is 21.3 Å². The maximum atomic E-state index is 5.13. The number of benzene rings is 1. The molecule has 0 amide bonds. The first-order chi connectivity index (χ1) is 7.80. The van der Waals surface area contributed by atoms with E-state index in [0.717, 1.165) is 25.0 Å². The normalized spacial score (nSPS) is 12.1. The number of methoxy groups -OCH3 is 1. The fourth-order valence-corrected chi connectivity index (χ4v) is 1.71. The molecule has 0 aliphatic rings. The minimum atomic E-state index is 0.527. The molecule has 0 spiro atoms. The van der Waals surface area contributed by atoms with Crippen molar-refractivity contribution in [1.82, 2.24) is 5.32 Å². The second kappa shape index (κ2) is 7.07. The number of aryl methyl sites for hydroxylation is 1. The van der Waals surface area contributed by atoms with Gasteiger partial charge in [0.25, 0.3) is 0 Å². The summed E-state index contributed by atoms with van der Waals surface area (Å²) in [5, 5.41) is 3.30. The van der Waals surface area contributed by atoms with E-state index in [9.17, 15) is 0 Å². The van der Waals surface area contributed by atoms with Crippen LogP contribution in [0.15, 0.2) is 36.9 Å². The largest absolute Gasteiger partial charge is 0.497 e. The number of nitrogens with one attached hydrogen (secondary N) is 1. The fraction of sp³-hybridized carbons (Fsp3) is 0.429. The SMILES string of the molecule is C=CCC(CCc1ccc(OC)cc1)NC. The summed E-state index contributed by atoms with van der Waals surface area (Å²) in [5.74, 6) is 0.917. The number of rotatable bonds is 7. The van der Waals surface area contributed by atoms with Crippen molar-refractivity contribution in [3.05, 3.63) is 42.5 Å². The van der Waals surface area contributed by atoms with Crippen LogP contribution in [0.2, 0.25) is 0 Å². The van der Waals surface area contributed by atoms with Crippen molar-refractivity contribution in [3.63, 3.8) is 0 Å². The van der Waals surface area contributed by atoms with Crippen LogP contribution in [-0.4, -0.2) is 20.2 Å². The van der Waals surface area contributed by atoms with Crippen molar-refractivity contribution in [2.75, 3.05) is 14.2 Å². The Balaban J connectivity index is 2.43. The Morgan fingerprint density at radius 3 is 2.56 bits per heavy atom. The summed E-state index contributed by atoms with van der Waals surface area (Å²) in [6.07, 6.45) is 5.21. The average Bonchev–Trinajstić information content (AvgIpc) is 2.35. The van der Waals surface area contributed by atoms with Crippen LogP contribution < -0.4 is 10.1 Å². The lowest BCUT2D eigenvalue weighted by molar-refractivity contribution is 0.414. The summed E-state index contributed by atoms with van der Waals surface area (Å²) >= 11 is 0. The van der Waals surface area contributed by atoms with Gasteiger partial charge in [-0.1, -0.05) is 18.2 Å². The zero-order valence-electron chi connectivity index (χ0n) is 10.2. The van der Waals surface area contributed by atoms with Crippen molar-refractivity contribution in [1.29, 1.82) is 0 Å². The van der Waals surface area contributed by atoms with Crippen LogP contribution in [0.3, 0.4) is 0 Å². The smallest absolute Gasteiger partial charge is 0.118 e. The second-order valence-corrected chi connectivity index (χ2v) is 3.90. The standard InChI is InChI=1S/C14H21NO/c1-4-5-13(15-2)9-6-12-7-10-14(16-3)11-8-12/h4,7-8,10-11,13,15H,1,5-6,9H2,2-3H3. The summed E-state index contributed by atoms with van der Waals surface area (Å²) < 4.78 is 5.13. The van der Waals surface area contributed by atoms with E-state index in [1.807, 2.05) is 25.3 Å². The van der Waals surface area contributed by atoms with Crippen LogP contribution in [0.1, 0.15) is 18.4 Å².